The van der Waals surface area contributed by atoms with Crippen LogP contribution in [0.5, 0.6) is 0 Å². The molecule has 0 radical (unpaired) electrons. The Morgan fingerprint density at radius 1 is 1.00 bits per heavy atom. The summed E-state index contributed by atoms with van der Waals surface area (Å²) >= 11 is 11.9. The molecule has 0 spiro atoms. The van der Waals surface area contributed by atoms with Gasteiger partial charge in [-0.25, -0.2) is 9.97 Å². The van der Waals surface area contributed by atoms with Crippen molar-refractivity contribution in [2.75, 3.05) is 0 Å². The molecule has 0 unspecified atom stereocenters. The molecule has 0 saturated carbocycles. The van der Waals surface area contributed by atoms with Crippen molar-refractivity contribution in [3.05, 3.63) is 46.5 Å². The van der Waals surface area contributed by atoms with Gasteiger partial charge in [-0.1, -0.05) is 23.2 Å². The highest BCUT2D eigenvalue weighted by atomic mass is 35.5. The summed E-state index contributed by atoms with van der Waals surface area (Å²) in [7, 11) is 0. The third-order valence-corrected chi connectivity index (χ3v) is 2.72. The van der Waals surface area contributed by atoms with Crippen molar-refractivity contribution in [2.24, 2.45) is 0 Å². The van der Waals surface area contributed by atoms with E-state index in [2.05, 4.69) is 9.97 Å². The zero-order chi connectivity index (χ0) is 11.5. The Morgan fingerprint density at radius 3 is 2.06 bits per heavy atom. The molecule has 0 aliphatic carbocycles. The average Bonchev–Trinajstić information content (AvgIpc) is 2.30. The Kier molecular flexibility index (Phi) is 3.17. The molecule has 1 heterocycles. The van der Waals surface area contributed by atoms with E-state index in [4.69, 9.17) is 23.2 Å². The molecule has 3 nitrogen and oxygen atoms in total. The maximum atomic E-state index is 10.7. The minimum Gasteiger partial charge on any atom is -0.298 e. The first-order valence-electron chi connectivity index (χ1n) is 4.42. The van der Waals surface area contributed by atoms with Gasteiger partial charge >= 0.3 is 0 Å². The fraction of sp³-hybridized carbons (Fsp3) is 0. The molecule has 0 fully saturated rings. The van der Waals surface area contributed by atoms with E-state index >= 15 is 0 Å². The minimum absolute atomic E-state index is 0.295. The van der Waals surface area contributed by atoms with Crippen LogP contribution in [0.2, 0.25) is 10.0 Å². The van der Waals surface area contributed by atoms with E-state index in [9.17, 15) is 4.79 Å². The Labute approximate surface area is 102 Å². The van der Waals surface area contributed by atoms with E-state index in [1.54, 1.807) is 24.5 Å². The van der Waals surface area contributed by atoms with Gasteiger partial charge in [0.05, 0.1) is 15.6 Å². The van der Waals surface area contributed by atoms with Crippen molar-refractivity contribution in [3.8, 4) is 11.1 Å². The molecule has 2 rings (SSSR count). The largest absolute Gasteiger partial charge is 0.298 e. The third kappa shape index (κ3) is 2.05. The van der Waals surface area contributed by atoms with Gasteiger partial charge in [0, 0.05) is 18.0 Å². The van der Waals surface area contributed by atoms with E-state index in [0.717, 1.165) is 11.1 Å². The second kappa shape index (κ2) is 4.60. The van der Waals surface area contributed by atoms with Crippen molar-refractivity contribution < 1.29 is 4.79 Å². The van der Waals surface area contributed by atoms with Crippen molar-refractivity contribution >= 4 is 29.5 Å². The molecule has 80 valence electrons. The second-order valence-corrected chi connectivity index (χ2v) is 3.91. The van der Waals surface area contributed by atoms with Gasteiger partial charge in [0.25, 0.3) is 0 Å². The number of carbonyl (C=O) groups excluding carboxylic acids is 1. The van der Waals surface area contributed by atoms with E-state index in [-0.39, 0.29) is 0 Å². The first kappa shape index (κ1) is 11.0. The molecular formula is C11H6Cl2N2O. The maximum absolute atomic E-state index is 10.7. The number of hydrogen-bond acceptors (Lipinski definition) is 3. The lowest BCUT2D eigenvalue weighted by Gasteiger charge is -2.05. The summed E-state index contributed by atoms with van der Waals surface area (Å²) in [4.78, 5) is 18.5. The van der Waals surface area contributed by atoms with Gasteiger partial charge in [0.15, 0.2) is 6.29 Å². The molecule has 0 atom stereocenters. The van der Waals surface area contributed by atoms with Gasteiger partial charge in [-0.05, 0) is 17.7 Å². The van der Waals surface area contributed by atoms with Crippen LogP contribution in [0.3, 0.4) is 0 Å². The van der Waals surface area contributed by atoms with Crippen LogP contribution < -0.4 is 0 Å². The first-order valence-corrected chi connectivity index (χ1v) is 5.17. The first-order chi connectivity index (χ1) is 7.72. The Morgan fingerprint density at radius 2 is 1.56 bits per heavy atom. The Balaban J connectivity index is 2.57. The maximum Gasteiger partial charge on any atom is 0.153 e. The Hall–Kier alpha value is -1.45. The monoisotopic (exact) mass is 252 g/mol. The highest BCUT2D eigenvalue weighted by molar-refractivity contribution is 6.38. The second-order valence-electron chi connectivity index (χ2n) is 3.10. The van der Waals surface area contributed by atoms with Crippen LogP contribution in [-0.4, -0.2) is 16.3 Å². The van der Waals surface area contributed by atoms with Crippen molar-refractivity contribution in [1.82, 2.24) is 9.97 Å². The van der Waals surface area contributed by atoms with E-state index in [1.165, 1.54) is 6.33 Å². The predicted molar refractivity (Wildman–Crippen MR) is 62.9 cm³/mol. The molecule has 5 heteroatoms. The topological polar surface area (TPSA) is 42.9 Å². The van der Waals surface area contributed by atoms with Crippen LogP contribution in [0.25, 0.3) is 11.1 Å². The average molecular weight is 253 g/mol. The predicted octanol–water partition coefficient (Wildman–Crippen LogP) is 3.26. The van der Waals surface area contributed by atoms with Gasteiger partial charge in [-0.3, -0.25) is 4.79 Å². The molecule has 0 aliphatic rings. The minimum atomic E-state index is 0.295. The van der Waals surface area contributed by atoms with Crippen LogP contribution in [0.1, 0.15) is 10.4 Å². The highest BCUT2D eigenvalue weighted by Crippen LogP contribution is 2.29. The third-order valence-electron chi connectivity index (χ3n) is 2.09. The summed E-state index contributed by atoms with van der Waals surface area (Å²) in [6.07, 6.45) is 5.37. The fourth-order valence-corrected chi connectivity index (χ4v) is 1.89. The molecule has 0 N–H and O–H groups in total. The van der Waals surface area contributed by atoms with Crippen molar-refractivity contribution in [3.63, 3.8) is 0 Å². The van der Waals surface area contributed by atoms with Crippen LogP contribution in [-0.2, 0) is 0 Å². The lowest BCUT2D eigenvalue weighted by atomic mass is 10.1. The molecule has 1 aromatic carbocycles. The van der Waals surface area contributed by atoms with Crippen molar-refractivity contribution in [1.29, 1.82) is 0 Å². The molecule has 1 aromatic heterocycles. The number of rotatable bonds is 2. The zero-order valence-electron chi connectivity index (χ0n) is 8.02. The summed E-state index contributed by atoms with van der Waals surface area (Å²) in [5.74, 6) is 0. The van der Waals surface area contributed by atoms with E-state index in [0.29, 0.717) is 21.9 Å². The molecule has 0 aliphatic heterocycles. The van der Waals surface area contributed by atoms with Crippen LogP contribution in [0.4, 0.5) is 0 Å². The summed E-state index contributed by atoms with van der Waals surface area (Å²) in [6.45, 7) is 0. The lowest BCUT2D eigenvalue weighted by molar-refractivity contribution is 0.112. The molecule has 16 heavy (non-hydrogen) atoms. The molecule has 2 aromatic rings. The summed E-state index contributed by atoms with van der Waals surface area (Å²) < 4.78 is 0. The van der Waals surface area contributed by atoms with E-state index < -0.39 is 0 Å². The number of halogens is 2. The van der Waals surface area contributed by atoms with Crippen molar-refractivity contribution in [2.45, 2.75) is 0 Å². The molecule has 0 saturated heterocycles. The smallest absolute Gasteiger partial charge is 0.153 e. The standard InChI is InChI=1S/C11H6Cl2N2O/c12-10-1-7(2-11(13)9(10)5-16)8-3-14-6-15-4-8/h1-6H. The summed E-state index contributed by atoms with van der Waals surface area (Å²) in [5, 5.41) is 0.641. The number of nitrogens with zero attached hydrogens (tertiary/aromatic N) is 2. The summed E-state index contributed by atoms with van der Waals surface area (Å²) in [5.41, 5.74) is 1.87. The number of aldehydes is 1. The number of carbonyl (C=O) groups is 1. The van der Waals surface area contributed by atoms with Gasteiger partial charge in [0.2, 0.25) is 0 Å². The highest BCUT2D eigenvalue weighted by Gasteiger charge is 2.08. The molecule has 0 amide bonds. The zero-order valence-corrected chi connectivity index (χ0v) is 9.53. The van der Waals surface area contributed by atoms with Crippen LogP contribution >= 0.6 is 23.2 Å². The number of aromatic nitrogens is 2. The number of hydrogen-bond donors (Lipinski definition) is 0. The van der Waals surface area contributed by atoms with E-state index in [1.807, 2.05) is 0 Å². The quantitative estimate of drug-likeness (QED) is 0.771. The van der Waals surface area contributed by atoms with Gasteiger partial charge in [-0.15, -0.1) is 0 Å². The molecule has 0 bridgehead atoms. The SMILES string of the molecule is O=Cc1c(Cl)cc(-c2cncnc2)cc1Cl. The van der Waals surface area contributed by atoms with Crippen LogP contribution in [0, 0.1) is 0 Å². The number of benzene rings is 1. The fourth-order valence-electron chi connectivity index (χ4n) is 1.31. The normalized spacial score (nSPS) is 10.1. The summed E-state index contributed by atoms with van der Waals surface area (Å²) in [6, 6.07) is 3.33. The van der Waals surface area contributed by atoms with Gasteiger partial charge in [0.1, 0.15) is 6.33 Å². The Bertz CT molecular complexity index is 506. The van der Waals surface area contributed by atoms with Crippen LogP contribution in [0.15, 0.2) is 30.9 Å². The molecular weight excluding hydrogens is 247 g/mol. The van der Waals surface area contributed by atoms with Gasteiger partial charge < -0.3 is 0 Å². The van der Waals surface area contributed by atoms with Gasteiger partial charge in [-0.2, -0.15) is 0 Å². The lowest BCUT2D eigenvalue weighted by Crippen LogP contribution is -1.88.